The molecule has 7 nitrogen and oxygen atoms in total. The first-order valence-corrected chi connectivity index (χ1v) is 5.64. The second-order valence-electron chi connectivity index (χ2n) is 3.02. The molecule has 8 heteroatoms. The second-order valence-corrected chi connectivity index (χ2v) is 4.12. The van der Waals surface area contributed by atoms with E-state index in [-0.39, 0.29) is 11.6 Å². The average Bonchev–Trinajstić information content (AvgIpc) is 2.54. The van der Waals surface area contributed by atoms with Gasteiger partial charge in [-0.15, -0.1) is 11.8 Å². The topological polar surface area (TPSA) is 98.3 Å². The predicted molar refractivity (Wildman–Crippen MR) is 58.6 cm³/mol. The van der Waals surface area contributed by atoms with Crippen molar-refractivity contribution >= 4 is 23.5 Å². The Kier molecular flexibility index (Phi) is 4.29. The van der Waals surface area contributed by atoms with Crippen LogP contribution in [-0.4, -0.2) is 37.1 Å². The molecule has 0 aliphatic carbocycles. The first-order valence-electron chi connectivity index (χ1n) is 4.48. The van der Waals surface area contributed by atoms with Gasteiger partial charge in [0.2, 0.25) is 0 Å². The number of thioether (sulfide) groups is 1. The number of imidazole rings is 1. The maximum absolute atomic E-state index is 10.6. The van der Waals surface area contributed by atoms with Crippen molar-refractivity contribution < 1.29 is 14.8 Å². The molecule has 0 unspecified atom stereocenters. The van der Waals surface area contributed by atoms with Crippen LogP contribution in [0.25, 0.3) is 0 Å². The minimum atomic E-state index is -0.887. The molecule has 0 aliphatic rings. The number of carboxylic acid groups (broad SMARTS) is 1. The normalized spacial score (nSPS) is 10.3. The highest BCUT2D eigenvalue weighted by Crippen LogP contribution is 2.14. The Labute approximate surface area is 95.6 Å². The third-order valence-electron chi connectivity index (χ3n) is 1.91. The van der Waals surface area contributed by atoms with E-state index in [1.807, 2.05) is 0 Å². The summed E-state index contributed by atoms with van der Waals surface area (Å²) in [5, 5.41) is 19.0. The van der Waals surface area contributed by atoms with Crippen molar-refractivity contribution in [2.75, 3.05) is 11.5 Å². The molecule has 1 N–H and O–H groups in total. The number of aryl methyl sites for hydroxylation is 1. The summed E-state index contributed by atoms with van der Waals surface area (Å²) in [4.78, 5) is 24.2. The molecule has 0 saturated heterocycles. The van der Waals surface area contributed by atoms with Gasteiger partial charge in [0.05, 0.1) is 5.75 Å². The Balaban J connectivity index is 2.56. The summed E-state index contributed by atoms with van der Waals surface area (Å²) in [7, 11) is 0. The van der Waals surface area contributed by atoms with Gasteiger partial charge in [-0.3, -0.25) is 4.79 Å². The van der Waals surface area contributed by atoms with E-state index in [0.717, 1.165) is 0 Å². The number of hydrogen-bond donors (Lipinski definition) is 1. The molecule has 1 aromatic rings. The zero-order chi connectivity index (χ0) is 12.1. The summed E-state index contributed by atoms with van der Waals surface area (Å²) in [6.07, 6.45) is 1.21. The minimum Gasteiger partial charge on any atom is -0.481 e. The molecule has 88 valence electrons. The number of carboxylic acids is 1. The van der Waals surface area contributed by atoms with Crippen molar-refractivity contribution in [2.24, 2.45) is 0 Å². The maximum atomic E-state index is 10.6. The van der Waals surface area contributed by atoms with Crippen LogP contribution in [0.3, 0.4) is 0 Å². The van der Waals surface area contributed by atoms with Crippen molar-refractivity contribution in [1.82, 2.24) is 9.55 Å². The van der Waals surface area contributed by atoms with E-state index in [4.69, 9.17) is 5.11 Å². The van der Waals surface area contributed by atoms with E-state index in [1.54, 1.807) is 6.92 Å². The zero-order valence-corrected chi connectivity index (χ0v) is 9.44. The van der Waals surface area contributed by atoms with Crippen LogP contribution in [0, 0.1) is 17.0 Å². The number of carbonyl (C=O) groups is 1. The molecular weight excluding hydrogens is 234 g/mol. The highest BCUT2D eigenvalue weighted by Gasteiger charge is 2.16. The van der Waals surface area contributed by atoms with E-state index in [2.05, 4.69) is 4.98 Å². The summed E-state index contributed by atoms with van der Waals surface area (Å²) >= 11 is 1.22. The SMILES string of the molecule is Cc1ncc([N+](=O)[O-])n1CCSCC(=O)O. The number of aliphatic carboxylic acids is 1. The molecule has 0 bridgehead atoms. The van der Waals surface area contributed by atoms with Gasteiger partial charge >= 0.3 is 11.8 Å². The van der Waals surface area contributed by atoms with Gasteiger partial charge < -0.3 is 15.2 Å². The molecular formula is C8H11N3O4S. The zero-order valence-electron chi connectivity index (χ0n) is 8.62. The van der Waals surface area contributed by atoms with Crippen LogP contribution < -0.4 is 0 Å². The van der Waals surface area contributed by atoms with Gasteiger partial charge in [0.1, 0.15) is 12.7 Å². The van der Waals surface area contributed by atoms with Crippen molar-refractivity contribution in [3.63, 3.8) is 0 Å². The molecule has 0 fully saturated rings. The second kappa shape index (κ2) is 5.50. The molecule has 0 atom stereocenters. The van der Waals surface area contributed by atoms with Gasteiger partial charge in [0, 0.05) is 12.7 Å². The summed E-state index contributed by atoms with van der Waals surface area (Å²) < 4.78 is 1.47. The standard InChI is InChI=1S/C8H11N3O4S/c1-6-9-4-7(11(14)15)10(6)2-3-16-5-8(12)13/h4H,2-3,5H2,1H3,(H,12,13). The fraction of sp³-hybridized carbons (Fsp3) is 0.500. The van der Waals surface area contributed by atoms with Crippen LogP contribution >= 0.6 is 11.8 Å². The highest BCUT2D eigenvalue weighted by atomic mass is 32.2. The summed E-state index contributed by atoms with van der Waals surface area (Å²) in [6.45, 7) is 2.06. The van der Waals surface area contributed by atoms with Gasteiger partial charge in [-0.2, -0.15) is 0 Å². The van der Waals surface area contributed by atoms with Crippen molar-refractivity contribution in [3.8, 4) is 0 Å². The highest BCUT2D eigenvalue weighted by molar-refractivity contribution is 7.99. The van der Waals surface area contributed by atoms with E-state index < -0.39 is 10.9 Å². The third kappa shape index (κ3) is 3.23. The molecule has 0 amide bonds. The third-order valence-corrected chi connectivity index (χ3v) is 2.83. The molecule has 0 saturated carbocycles. The average molecular weight is 245 g/mol. The maximum Gasteiger partial charge on any atom is 0.342 e. The Morgan fingerprint density at radius 3 is 3.00 bits per heavy atom. The van der Waals surface area contributed by atoms with Crippen LogP contribution in [0.15, 0.2) is 6.20 Å². The monoisotopic (exact) mass is 245 g/mol. The van der Waals surface area contributed by atoms with Crippen molar-refractivity contribution in [3.05, 3.63) is 22.1 Å². The lowest BCUT2D eigenvalue weighted by Gasteiger charge is -2.01. The molecule has 1 heterocycles. The lowest BCUT2D eigenvalue weighted by Crippen LogP contribution is -2.08. The van der Waals surface area contributed by atoms with Gasteiger partial charge in [0.25, 0.3) is 0 Å². The number of nitrogens with zero attached hydrogens (tertiary/aromatic N) is 3. The molecule has 0 aromatic carbocycles. The Bertz CT molecular complexity index is 404. The lowest BCUT2D eigenvalue weighted by atomic mass is 10.6. The van der Waals surface area contributed by atoms with Crippen molar-refractivity contribution in [2.45, 2.75) is 13.5 Å². The van der Waals surface area contributed by atoms with Gasteiger partial charge in [-0.25, -0.2) is 9.55 Å². The minimum absolute atomic E-state index is 0.00153. The van der Waals surface area contributed by atoms with Crippen LogP contribution in [-0.2, 0) is 11.3 Å². The Hall–Kier alpha value is -1.57. The molecule has 0 radical (unpaired) electrons. The summed E-state index contributed by atoms with van der Waals surface area (Å²) in [5.41, 5.74) is 0. The van der Waals surface area contributed by atoms with E-state index in [0.29, 0.717) is 18.1 Å². The largest absolute Gasteiger partial charge is 0.481 e. The molecule has 1 rings (SSSR count). The molecule has 16 heavy (non-hydrogen) atoms. The quantitative estimate of drug-likeness (QED) is 0.454. The van der Waals surface area contributed by atoms with Gasteiger partial charge in [-0.1, -0.05) is 0 Å². The smallest absolute Gasteiger partial charge is 0.342 e. The van der Waals surface area contributed by atoms with E-state index in [1.165, 1.54) is 22.5 Å². The number of nitro groups is 1. The molecule has 1 aromatic heterocycles. The van der Waals surface area contributed by atoms with E-state index in [9.17, 15) is 14.9 Å². The Morgan fingerprint density at radius 2 is 2.44 bits per heavy atom. The van der Waals surface area contributed by atoms with Gasteiger partial charge in [-0.05, 0) is 4.92 Å². The van der Waals surface area contributed by atoms with E-state index >= 15 is 0 Å². The van der Waals surface area contributed by atoms with Crippen LogP contribution in [0.1, 0.15) is 5.82 Å². The fourth-order valence-corrected chi connectivity index (χ4v) is 1.82. The van der Waals surface area contributed by atoms with Gasteiger partial charge in [0.15, 0.2) is 5.82 Å². The number of rotatable bonds is 6. The van der Waals surface area contributed by atoms with Crippen LogP contribution in [0.4, 0.5) is 5.82 Å². The Morgan fingerprint density at radius 1 is 1.75 bits per heavy atom. The summed E-state index contributed by atoms with van der Waals surface area (Å²) in [6, 6.07) is 0. The molecule has 0 aliphatic heterocycles. The lowest BCUT2D eigenvalue weighted by molar-refractivity contribution is -0.392. The molecule has 0 spiro atoms. The number of hydrogen-bond acceptors (Lipinski definition) is 5. The first-order chi connectivity index (χ1) is 7.52. The summed E-state index contributed by atoms with van der Waals surface area (Å²) in [5.74, 6) is 0.115. The number of aromatic nitrogens is 2. The van der Waals surface area contributed by atoms with Crippen LogP contribution in [0.2, 0.25) is 0 Å². The predicted octanol–water partition coefficient (Wildman–Crippen LogP) is 0.918. The first kappa shape index (κ1) is 12.5. The van der Waals surface area contributed by atoms with Crippen LogP contribution in [0.5, 0.6) is 0 Å². The fourth-order valence-electron chi connectivity index (χ4n) is 1.19. The van der Waals surface area contributed by atoms with Crippen molar-refractivity contribution in [1.29, 1.82) is 0 Å².